The lowest BCUT2D eigenvalue weighted by atomic mass is 9.98. The van der Waals surface area contributed by atoms with Gasteiger partial charge in [-0.15, -0.1) is 0 Å². The lowest BCUT2D eigenvalue weighted by Gasteiger charge is -2.17. The van der Waals surface area contributed by atoms with Crippen molar-refractivity contribution in [3.8, 4) is 11.5 Å². The highest BCUT2D eigenvalue weighted by molar-refractivity contribution is 5.94. The molecule has 0 aromatic heterocycles. The molecular weight excluding hydrogens is 302 g/mol. The molecule has 126 valence electrons. The van der Waals surface area contributed by atoms with E-state index in [4.69, 9.17) is 9.47 Å². The molecule has 0 spiro atoms. The fourth-order valence-electron chi connectivity index (χ4n) is 3.14. The third-order valence-corrected chi connectivity index (χ3v) is 4.47. The van der Waals surface area contributed by atoms with Crippen LogP contribution in [-0.2, 0) is 0 Å². The van der Waals surface area contributed by atoms with Crippen molar-refractivity contribution >= 4 is 5.91 Å². The summed E-state index contributed by atoms with van der Waals surface area (Å²) in [5, 5.41) is 0. The molecule has 0 N–H and O–H groups in total. The number of nitrogens with zero attached hydrogens (tertiary/aromatic N) is 1. The molecule has 1 aliphatic heterocycles. The fourth-order valence-corrected chi connectivity index (χ4v) is 3.14. The number of amides is 1. The Morgan fingerprint density at radius 2 is 1.75 bits per heavy atom. The van der Waals surface area contributed by atoms with Gasteiger partial charge in [-0.2, -0.15) is 0 Å². The lowest BCUT2D eigenvalue weighted by molar-refractivity contribution is 0.0790. The van der Waals surface area contributed by atoms with Gasteiger partial charge in [0.05, 0.1) is 13.7 Å². The summed E-state index contributed by atoms with van der Waals surface area (Å²) in [6.07, 6.45) is 0.995. The smallest absolute Gasteiger partial charge is 0.253 e. The van der Waals surface area contributed by atoms with Crippen LogP contribution in [0.2, 0.25) is 0 Å². The van der Waals surface area contributed by atoms with Crippen LogP contribution in [0.4, 0.5) is 0 Å². The van der Waals surface area contributed by atoms with Crippen LogP contribution in [-0.4, -0.2) is 37.6 Å². The molecule has 24 heavy (non-hydrogen) atoms. The molecule has 0 saturated carbocycles. The first-order chi connectivity index (χ1) is 11.7. The molecule has 0 aliphatic carbocycles. The lowest BCUT2D eigenvalue weighted by Crippen LogP contribution is -2.28. The molecule has 1 unspecified atom stereocenters. The molecule has 1 aliphatic rings. The Balaban J connectivity index is 1.64. The van der Waals surface area contributed by atoms with Gasteiger partial charge in [-0.05, 0) is 55.3 Å². The monoisotopic (exact) mass is 325 g/mol. The molecule has 2 aromatic rings. The van der Waals surface area contributed by atoms with E-state index < -0.39 is 0 Å². The molecule has 1 fully saturated rings. The van der Waals surface area contributed by atoms with Crippen molar-refractivity contribution in [3.05, 3.63) is 59.7 Å². The summed E-state index contributed by atoms with van der Waals surface area (Å²) in [6.45, 7) is 4.13. The Morgan fingerprint density at radius 3 is 2.38 bits per heavy atom. The summed E-state index contributed by atoms with van der Waals surface area (Å²) < 4.78 is 10.6. The van der Waals surface area contributed by atoms with E-state index in [0.717, 1.165) is 31.0 Å². The summed E-state index contributed by atoms with van der Waals surface area (Å²) in [5.41, 5.74) is 1.98. The quantitative estimate of drug-likeness (QED) is 0.841. The molecule has 1 amide bonds. The van der Waals surface area contributed by atoms with Crippen molar-refractivity contribution in [3.63, 3.8) is 0 Å². The van der Waals surface area contributed by atoms with Gasteiger partial charge in [-0.25, -0.2) is 0 Å². The standard InChI is InChI=1S/C20H23NO3/c1-3-24-19-10-6-16(7-11-19)20(22)21-13-12-17(14-21)15-4-8-18(23-2)9-5-15/h4-11,17H,3,12-14H2,1-2H3. The van der Waals surface area contributed by atoms with Gasteiger partial charge in [0.1, 0.15) is 11.5 Å². The Kier molecular flexibility index (Phi) is 5.04. The fraction of sp³-hybridized carbons (Fsp3) is 0.350. The number of carbonyl (C=O) groups excluding carboxylic acids is 1. The van der Waals surface area contributed by atoms with Gasteiger partial charge in [0.15, 0.2) is 0 Å². The van der Waals surface area contributed by atoms with Crippen LogP contribution in [0.1, 0.15) is 35.2 Å². The number of carbonyl (C=O) groups is 1. The van der Waals surface area contributed by atoms with E-state index in [1.807, 2.05) is 48.2 Å². The maximum Gasteiger partial charge on any atom is 0.253 e. The Morgan fingerprint density at radius 1 is 1.08 bits per heavy atom. The maximum atomic E-state index is 12.7. The zero-order chi connectivity index (χ0) is 16.9. The highest BCUT2D eigenvalue weighted by Gasteiger charge is 2.27. The van der Waals surface area contributed by atoms with E-state index in [1.165, 1.54) is 5.56 Å². The minimum atomic E-state index is 0.0917. The topological polar surface area (TPSA) is 38.8 Å². The number of ether oxygens (including phenoxy) is 2. The maximum absolute atomic E-state index is 12.7. The zero-order valence-electron chi connectivity index (χ0n) is 14.2. The molecule has 0 radical (unpaired) electrons. The van der Waals surface area contributed by atoms with Crippen LogP contribution in [0.5, 0.6) is 11.5 Å². The van der Waals surface area contributed by atoms with E-state index in [9.17, 15) is 4.79 Å². The second-order valence-corrected chi connectivity index (χ2v) is 5.97. The minimum Gasteiger partial charge on any atom is -0.497 e. The Hall–Kier alpha value is -2.49. The van der Waals surface area contributed by atoms with Gasteiger partial charge in [-0.3, -0.25) is 4.79 Å². The first-order valence-electron chi connectivity index (χ1n) is 8.37. The Labute approximate surface area is 143 Å². The van der Waals surface area contributed by atoms with Crippen LogP contribution >= 0.6 is 0 Å². The van der Waals surface area contributed by atoms with Crippen molar-refractivity contribution < 1.29 is 14.3 Å². The highest BCUT2D eigenvalue weighted by Crippen LogP contribution is 2.29. The highest BCUT2D eigenvalue weighted by atomic mass is 16.5. The SMILES string of the molecule is CCOc1ccc(C(=O)N2CCC(c3ccc(OC)cc3)C2)cc1. The second-order valence-electron chi connectivity index (χ2n) is 5.97. The summed E-state index contributed by atoms with van der Waals surface area (Å²) in [6, 6.07) is 15.5. The predicted octanol–water partition coefficient (Wildman–Crippen LogP) is 3.72. The van der Waals surface area contributed by atoms with Crippen molar-refractivity contribution in [2.24, 2.45) is 0 Å². The van der Waals surface area contributed by atoms with Crippen molar-refractivity contribution in [2.75, 3.05) is 26.8 Å². The normalized spacial score (nSPS) is 16.9. The Bertz CT molecular complexity index is 679. The van der Waals surface area contributed by atoms with Crippen LogP contribution in [0.3, 0.4) is 0 Å². The first kappa shape index (κ1) is 16.4. The summed E-state index contributed by atoms with van der Waals surface area (Å²) in [7, 11) is 1.67. The van der Waals surface area contributed by atoms with Crippen LogP contribution < -0.4 is 9.47 Å². The van der Waals surface area contributed by atoms with Crippen molar-refractivity contribution in [1.82, 2.24) is 4.90 Å². The molecule has 1 heterocycles. The van der Waals surface area contributed by atoms with Gasteiger partial charge < -0.3 is 14.4 Å². The van der Waals surface area contributed by atoms with E-state index in [-0.39, 0.29) is 5.91 Å². The largest absolute Gasteiger partial charge is 0.497 e. The number of hydrogen-bond acceptors (Lipinski definition) is 3. The second kappa shape index (κ2) is 7.39. The zero-order valence-corrected chi connectivity index (χ0v) is 14.2. The molecule has 2 aromatic carbocycles. The average Bonchev–Trinajstić information content (AvgIpc) is 3.12. The predicted molar refractivity (Wildman–Crippen MR) is 93.9 cm³/mol. The average molecular weight is 325 g/mol. The number of hydrogen-bond donors (Lipinski definition) is 0. The molecular formula is C20H23NO3. The molecule has 4 nitrogen and oxygen atoms in total. The molecule has 0 bridgehead atoms. The number of rotatable bonds is 5. The molecule has 4 heteroatoms. The van der Waals surface area contributed by atoms with Gasteiger partial charge in [0, 0.05) is 24.6 Å². The summed E-state index contributed by atoms with van der Waals surface area (Å²) >= 11 is 0. The number of likely N-dealkylation sites (tertiary alicyclic amines) is 1. The third kappa shape index (κ3) is 3.53. The molecule has 3 rings (SSSR count). The van der Waals surface area contributed by atoms with Crippen LogP contribution in [0, 0.1) is 0 Å². The van der Waals surface area contributed by atoms with E-state index in [1.54, 1.807) is 7.11 Å². The number of methoxy groups -OCH3 is 1. The minimum absolute atomic E-state index is 0.0917. The van der Waals surface area contributed by atoms with Gasteiger partial charge >= 0.3 is 0 Å². The van der Waals surface area contributed by atoms with Crippen molar-refractivity contribution in [2.45, 2.75) is 19.3 Å². The third-order valence-electron chi connectivity index (χ3n) is 4.47. The number of benzene rings is 2. The molecule has 1 saturated heterocycles. The van der Waals surface area contributed by atoms with Crippen LogP contribution in [0.25, 0.3) is 0 Å². The first-order valence-corrected chi connectivity index (χ1v) is 8.37. The van der Waals surface area contributed by atoms with Crippen LogP contribution in [0.15, 0.2) is 48.5 Å². The van der Waals surface area contributed by atoms with E-state index >= 15 is 0 Å². The summed E-state index contributed by atoms with van der Waals surface area (Å²) in [4.78, 5) is 14.6. The summed E-state index contributed by atoms with van der Waals surface area (Å²) in [5.74, 6) is 2.14. The van der Waals surface area contributed by atoms with Crippen molar-refractivity contribution in [1.29, 1.82) is 0 Å². The van der Waals surface area contributed by atoms with Gasteiger partial charge in [0.25, 0.3) is 5.91 Å². The van der Waals surface area contributed by atoms with Gasteiger partial charge in [0.2, 0.25) is 0 Å². The van der Waals surface area contributed by atoms with Gasteiger partial charge in [-0.1, -0.05) is 12.1 Å². The molecule has 1 atom stereocenters. The van der Waals surface area contributed by atoms with E-state index in [0.29, 0.717) is 18.1 Å². The van der Waals surface area contributed by atoms with E-state index in [2.05, 4.69) is 12.1 Å².